The molecule has 0 bridgehead atoms. The van der Waals surface area contributed by atoms with Gasteiger partial charge in [-0.1, -0.05) is 44.5 Å². The second-order valence-electron chi connectivity index (χ2n) is 7.44. The van der Waals surface area contributed by atoms with E-state index in [0.29, 0.717) is 35.8 Å². The van der Waals surface area contributed by atoms with Crippen LogP contribution in [0.5, 0.6) is 5.75 Å². The molecule has 1 aliphatic carbocycles. The lowest BCUT2D eigenvalue weighted by atomic mass is 9.77. The van der Waals surface area contributed by atoms with E-state index in [1.54, 1.807) is 0 Å². The van der Waals surface area contributed by atoms with Crippen LogP contribution in [0.4, 0.5) is 4.39 Å². The van der Waals surface area contributed by atoms with E-state index in [4.69, 9.17) is 4.74 Å². The van der Waals surface area contributed by atoms with Crippen molar-refractivity contribution in [1.82, 2.24) is 0 Å². The van der Waals surface area contributed by atoms with Crippen molar-refractivity contribution >= 4 is 0 Å². The highest BCUT2D eigenvalue weighted by Gasteiger charge is 2.21. The molecule has 26 heavy (non-hydrogen) atoms. The molecule has 0 aromatic heterocycles. The number of ether oxygens (including phenoxy) is 1. The van der Waals surface area contributed by atoms with Gasteiger partial charge < -0.3 is 4.74 Å². The number of halogens is 1. The molecule has 0 saturated heterocycles. The van der Waals surface area contributed by atoms with Crippen LogP contribution in [0, 0.1) is 11.7 Å². The van der Waals surface area contributed by atoms with Gasteiger partial charge in [0.05, 0.1) is 6.61 Å². The molecule has 0 heterocycles. The summed E-state index contributed by atoms with van der Waals surface area (Å²) in [5.74, 6) is 2.11. The van der Waals surface area contributed by atoms with E-state index in [2.05, 4.69) is 31.2 Å². The van der Waals surface area contributed by atoms with Gasteiger partial charge in [-0.3, -0.25) is 0 Å². The van der Waals surface area contributed by atoms with Crippen LogP contribution in [0.2, 0.25) is 0 Å². The van der Waals surface area contributed by atoms with E-state index < -0.39 is 0 Å². The van der Waals surface area contributed by atoms with Crippen molar-refractivity contribution < 1.29 is 9.13 Å². The van der Waals surface area contributed by atoms with E-state index in [1.807, 2.05) is 26.0 Å². The lowest BCUT2D eigenvalue weighted by Gasteiger charge is -2.28. The summed E-state index contributed by atoms with van der Waals surface area (Å²) in [6.45, 7) is 6.76. The normalized spacial score (nSPS) is 20.2. The van der Waals surface area contributed by atoms with Gasteiger partial charge >= 0.3 is 0 Å². The Morgan fingerprint density at radius 2 is 1.62 bits per heavy atom. The van der Waals surface area contributed by atoms with Crippen molar-refractivity contribution in [3.05, 3.63) is 53.3 Å². The van der Waals surface area contributed by atoms with E-state index in [0.717, 1.165) is 11.5 Å². The number of rotatable bonds is 6. The first kappa shape index (κ1) is 18.9. The third-order valence-electron chi connectivity index (χ3n) is 5.97. The van der Waals surface area contributed by atoms with Crippen molar-refractivity contribution in [2.45, 2.75) is 65.2 Å². The Morgan fingerprint density at radius 3 is 2.19 bits per heavy atom. The number of hydrogen-bond acceptors (Lipinski definition) is 1. The molecule has 1 saturated carbocycles. The SMILES string of the molecule is CCOc1ccc(-c2ccc(C3CCC(CC)CC3)cc2)c(F)c1CC. The summed E-state index contributed by atoms with van der Waals surface area (Å²) >= 11 is 0. The summed E-state index contributed by atoms with van der Waals surface area (Å²) in [6, 6.07) is 12.3. The van der Waals surface area contributed by atoms with Crippen molar-refractivity contribution in [2.24, 2.45) is 5.92 Å². The van der Waals surface area contributed by atoms with Crippen LogP contribution in [-0.2, 0) is 6.42 Å². The lowest BCUT2D eigenvalue weighted by Crippen LogP contribution is -2.12. The maximum Gasteiger partial charge on any atom is 0.137 e. The fourth-order valence-corrected chi connectivity index (χ4v) is 4.29. The zero-order valence-electron chi connectivity index (χ0n) is 16.4. The van der Waals surface area contributed by atoms with Crippen LogP contribution >= 0.6 is 0 Å². The van der Waals surface area contributed by atoms with Crippen molar-refractivity contribution in [2.75, 3.05) is 6.61 Å². The van der Waals surface area contributed by atoms with Gasteiger partial charge in [0.15, 0.2) is 0 Å². The Labute approximate surface area is 157 Å². The Bertz CT molecular complexity index is 712. The molecule has 0 aliphatic heterocycles. The summed E-state index contributed by atoms with van der Waals surface area (Å²) in [6.07, 6.45) is 7.20. The molecule has 140 valence electrons. The molecule has 2 aromatic carbocycles. The van der Waals surface area contributed by atoms with Crippen LogP contribution in [0.3, 0.4) is 0 Å². The topological polar surface area (TPSA) is 9.23 Å². The molecule has 2 heteroatoms. The van der Waals surface area contributed by atoms with Crippen molar-refractivity contribution in [3.63, 3.8) is 0 Å². The van der Waals surface area contributed by atoms with Gasteiger partial charge in [0.25, 0.3) is 0 Å². The van der Waals surface area contributed by atoms with Gasteiger partial charge in [-0.25, -0.2) is 4.39 Å². The molecule has 1 fully saturated rings. The minimum absolute atomic E-state index is 0.144. The lowest BCUT2D eigenvalue weighted by molar-refractivity contribution is 0.319. The number of hydrogen-bond donors (Lipinski definition) is 0. The van der Waals surface area contributed by atoms with Gasteiger partial charge in [-0.2, -0.15) is 0 Å². The van der Waals surface area contributed by atoms with Crippen LogP contribution in [0.25, 0.3) is 11.1 Å². The fourth-order valence-electron chi connectivity index (χ4n) is 4.29. The van der Waals surface area contributed by atoms with Gasteiger partial charge in [0.2, 0.25) is 0 Å². The first-order valence-corrected chi connectivity index (χ1v) is 10.2. The summed E-state index contributed by atoms with van der Waals surface area (Å²) < 4.78 is 20.6. The highest BCUT2D eigenvalue weighted by Crippen LogP contribution is 2.38. The maximum atomic E-state index is 15.0. The van der Waals surface area contributed by atoms with Crippen LogP contribution in [0.1, 0.15) is 69.9 Å². The molecule has 0 unspecified atom stereocenters. The summed E-state index contributed by atoms with van der Waals surface area (Å²) in [5, 5.41) is 0. The van der Waals surface area contributed by atoms with E-state index in [1.165, 1.54) is 37.7 Å². The summed E-state index contributed by atoms with van der Waals surface area (Å²) in [5.41, 5.74) is 3.70. The molecule has 0 N–H and O–H groups in total. The second-order valence-corrected chi connectivity index (χ2v) is 7.44. The molecular weight excluding hydrogens is 323 g/mol. The first-order valence-electron chi connectivity index (χ1n) is 10.2. The quantitative estimate of drug-likeness (QED) is 0.536. The molecule has 2 aromatic rings. The molecule has 0 atom stereocenters. The predicted molar refractivity (Wildman–Crippen MR) is 107 cm³/mol. The molecule has 1 aliphatic rings. The van der Waals surface area contributed by atoms with E-state index in [9.17, 15) is 4.39 Å². The van der Waals surface area contributed by atoms with Gasteiger partial charge in [-0.15, -0.1) is 0 Å². The summed E-state index contributed by atoms with van der Waals surface area (Å²) in [7, 11) is 0. The minimum atomic E-state index is -0.144. The average molecular weight is 355 g/mol. The molecule has 0 amide bonds. The molecule has 0 spiro atoms. The molecular formula is C24H31FO. The maximum absolute atomic E-state index is 15.0. The summed E-state index contributed by atoms with van der Waals surface area (Å²) in [4.78, 5) is 0. The van der Waals surface area contributed by atoms with Crippen LogP contribution < -0.4 is 4.74 Å². The van der Waals surface area contributed by atoms with Gasteiger partial charge in [0.1, 0.15) is 11.6 Å². The average Bonchev–Trinajstić information content (AvgIpc) is 2.69. The first-order chi connectivity index (χ1) is 12.7. The highest BCUT2D eigenvalue weighted by molar-refractivity contribution is 5.67. The number of benzene rings is 2. The Balaban J connectivity index is 1.80. The second kappa shape index (κ2) is 8.70. The minimum Gasteiger partial charge on any atom is -0.493 e. The third kappa shape index (κ3) is 3.95. The van der Waals surface area contributed by atoms with E-state index >= 15 is 0 Å². The molecule has 0 radical (unpaired) electrons. The fraction of sp³-hybridized carbons (Fsp3) is 0.500. The van der Waals surface area contributed by atoms with Crippen molar-refractivity contribution in [1.29, 1.82) is 0 Å². The Morgan fingerprint density at radius 1 is 0.923 bits per heavy atom. The van der Waals surface area contributed by atoms with Crippen LogP contribution in [-0.4, -0.2) is 6.61 Å². The molecule has 1 nitrogen and oxygen atoms in total. The van der Waals surface area contributed by atoms with Crippen molar-refractivity contribution in [3.8, 4) is 16.9 Å². The monoisotopic (exact) mass is 354 g/mol. The van der Waals surface area contributed by atoms with E-state index in [-0.39, 0.29) is 5.82 Å². The van der Waals surface area contributed by atoms with Gasteiger partial charge in [-0.05, 0) is 74.1 Å². The predicted octanol–water partition coefficient (Wildman–Crippen LogP) is 7.14. The zero-order chi connectivity index (χ0) is 18.5. The van der Waals surface area contributed by atoms with Gasteiger partial charge in [0, 0.05) is 11.1 Å². The third-order valence-corrected chi connectivity index (χ3v) is 5.97. The van der Waals surface area contributed by atoms with Crippen LogP contribution in [0.15, 0.2) is 36.4 Å². The Hall–Kier alpha value is -1.83. The Kier molecular flexibility index (Phi) is 6.34. The standard InChI is InChI=1S/C24H31FO/c1-4-17-7-9-18(10-8-17)19-11-13-20(14-12-19)22-15-16-23(26-6-3)21(5-2)24(22)25/h11-18H,4-10H2,1-3H3. The highest BCUT2D eigenvalue weighted by atomic mass is 19.1. The smallest absolute Gasteiger partial charge is 0.137 e. The molecule has 3 rings (SSSR count). The largest absolute Gasteiger partial charge is 0.493 e. The zero-order valence-corrected chi connectivity index (χ0v) is 16.4.